The van der Waals surface area contributed by atoms with E-state index < -0.39 is 5.97 Å². The molecule has 0 N–H and O–H groups in total. The normalized spacial score (nSPS) is 10.7. The van der Waals surface area contributed by atoms with Crippen LogP contribution in [0, 0.1) is 6.92 Å². The molecule has 0 amide bonds. The number of aromatic nitrogens is 1. The zero-order valence-electron chi connectivity index (χ0n) is 15.7. The minimum atomic E-state index is -0.400. The molecule has 0 aliphatic heterocycles. The molecule has 0 saturated heterocycles. The molecular formula is C22H20ClNO4. The largest absolute Gasteiger partial charge is 0.495 e. The van der Waals surface area contributed by atoms with Crippen LogP contribution in [0.2, 0.25) is 5.02 Å². The van der Waals surface area contributed by atoms with Crippen molar-refractivity contribution in [2.24, 2.45) is 0 Å². The number of ether oxygens (including phenoxy) is 2. The summed E-state index contributed by atoms with van der Waals surface area (Å²) in [5.41, 5.74) is 2.51. The van der Waals surface area contributed by atoms with Gasteiger partial charge >= 0.3 is 5.97 Å². The Morgan fingerprint density at radius 3 is 2.57 bits per heavy atom. The maximum Gasteiger partial charge on any atom is 0.310 e. The number of halogens is 1. The highest BCUT2D eigenvalue weighted by molar-refractivity contribution is 6.33. The van der Waals surface area contributed by atoms with Crippen LogP contribution in [0.4, 0.5) is 0 Å². The number of fused-ring (bicyclic) bond motifs is 1. The van der Waals surface area contributed by atoms with Crippen LogP contribution in [0.25, 0.3) is 10.9 Å². The van der Waals surface area contributed by atoms with Crippen LogP contribution in [-0.4, -0.2) is 30.2 Å². The van der Waals surface area contributed by atoms with Crippen LogP contribution >= 0.6 is 11.6 Å². The molecule has 144 valence electrons. The summed E-state index contributed by atoms with van der Waals surface area (Å²) < 4.78 is 12.0. The zero-order chi connectivity index (χ0) is 20.3. The lowest BCUT2D eigenvalue weighted by molar-refractivity contribution is -0.141. The average molecular weight is 398 g/mol. The van der Waals surface area contributed by atoms with Gasteiger partial charge in [0.15, 0.2) is 0 Å². The van der Waals surface area contributed by atoms with Crippen molar-refractivity contribution in [1.29, 1.82) is 0 Å². The first-order valence-electron chi connectivity index (χ1n) is 8.71. The van der Waals surface area contributed by atoms with Gasteiger partial charge in [-0.25, -0.2) is 0 Å². The van der Waals surface area contributed by atoms with E-state index in [1.54, 1.807) is 47.9 Å². The number of hydrogen-bond acceptors (Lipinski definition) is 4. The highest BCUT2D eigenvalue weighted by atomic mass is 35.5. The zero-order valence-corrected chi connectivity index (χ0v) is 16.5. The van der Waals surface area contributed by atoms with Gasteiger partial charge in [0.25, 0.3) is 5.91 Å². The first kappa shape index (κ1) is 19.7. The number of esters is 1. The van der Waals surface area contributed by atoms with E-state index in [9.17, 15) is 9.59 Å². The number of nitrogens with zero attached hydrogens (tertiary/aromatic N) is 1. The Morgan fingerprint density at radius 2 is 1.93 bits per heavy atom. The summed E-state index contributed by atoms with van der Waals surface area (Å²) in [4.78, 5) is 25.4. The van der Waals surface area contributed by atoms with E-state index >= 15 is 0 Å². The molecule has 0 unspecified atom stereocenters. The second-order valence-electron chi connectivity index (χ2n) is 6.22. The quantitative estimate of drug-likeness (QED) is 0.451. The van der Waals surface area contributed by atoms with Crippen LogP contribution in [0.3, 0.4) is 0 Å². The van der Waals surface area contributed by atoms with Crippen molar-refractivity contribution in [1.82, 2.24) is 4.57 Å². The maximum atomic E-state index is 13.2. The summed E-state index contributed by atoms with van der Waals surface area (Å²) in [5.74, 6) is -0.127. The van der Waals surface area contributed by atoms with E-state index in [-0.39, 0.29) is 18.9 Å². The average Bonchev–Trinajstić information content (AvgIpc) is 2.96. The molecule has 0 aliphatic carbocycles. The fraction of sp³-hybridized carbons (Fsp3) is 0.182. The molecule has 3 rings (SSSR count). The summed E-state index contributed by atoms with van der Waals surface area (Å²) in [7, 11) is 1.52. The van der Waals surface area contributed by atoms with Crippen LogP contribution in [-0.2, 0) is 16.0 Å². The molecular weight excluding hydrogens is 378 g/mol. The predicted molar refractivity (Wildman–Crippen MR) is 109 cm³/mol. The van der Waals surface area contributed by atoms with Gasteiger partial charge in [-0.15, -0.1) is 0 Å². The number of rotatable bonds is 6. The molecule has 0 saturated carbocycles. The van der Waals surface area contributed by atoms with Crippen molar-refractivity contribution in [2.75, 3.05) is 13.7 Å². The fourth-order valence-corrected chi connectivity index (χ4v) is 3.41. The molecule has 0 bridgehead atoms. The van der Waals surface area contributed by atoms with Crippen molar-refractivity contribution >= 4 is 34.4 Å². The standard InChI is InChI=1S/C22H20ClNO4/c1-4-10-28-21(25)12-16-14(2)24(22(26)15-8-6-5-7-9-15)19-13-18(23)20(27-3)11-17(16)19/h4-9,11,13H,1,10,12H2,2-3H3. The molecule has 0 atom stereocenters. The Hall–Kier alpha value is -3.05. The van der Waals surface area contributed by atoms with Gasteiger partial charge in [-0.1, -0.05) is 42.5 Å². The predicted octanol–water partition coefficient (Wildman–Crippen LogP) is 4.57. The van der Waals surface area contributed by atoms with Crippen molar-refractivity contribution in [3.63, 3.8) is 0 Å². The van der Waals surface area contributed by atoms with Gasteiger partial charge < -0.3 is 9.47 Å². The van der Waals surface area contributed by atoms with E-state index in [0.717, 1.165) is 5.39 Å². The molecule has 6 heteroatoms. The summed E-state index contributed by atoms with van der Waals surface area (Å²) in [5, 5.41) is 1.11. The molecule has 5 nitrogen and oxygen atoms in total. The van der Waals surface area contributed by atoms with Gasteiger partial charge in [0.2, 0.25) is 0 Å². The van der Waals surface area contributed by atoms with Gasteiger partial charge in [-0.2, -0.15) is 0 Å². The summed E-state index contributed by atoms with van der Waals surface area (Å²) in [6.07, 6.45) is 1.53. The van der Waals surface area contributed by atoms with E-state index in [1.165, 1.54) is 13.2 Å². The van der Waals surface area contributed by atoms with Crippen molar-refractivity contribution in [3.8, 4) is 5.75 Å². The van der Waals surface area contributed by atoms with Crippen molar-refractivity contribution in [3.05, 3.63) is 77.0 Å². The van der Waals surface area contributed by atoms with Crippen LogP contribution in [0.15, 0.2) is 55.1 Å². The second kappa shape index (κ2) is 8.31. The van der Waals surface area contributed by atoms with Crippen LogP contribution < -0.4 is 4.74 Å². The Balaban J connectivity index is 2.19. The first-order valence-corrected chi connectivity index (χ1v) is 9.09. The second-order valence-corrected chi connectivity index (χ2v) is 6.63. The van der Waals surface area contributed by atoms with Gasteiger partial charge in [0.1, 0.15) is 12.4 Å². The number of carbonyl (C=O) groups is 2. The highest BCUT2D eigenvalue weighted by Crippen LogP contribution is 2.35. The number of carbonyl (C=O) groups excluding carboxylic acids is 2. The van der Waals surface area contributed by atoms with E-state index in [0.29, 0.717) is 33.1 Å². The molecule has 28 heavy (non-hydrogen) atoms. The third-order valence-electron chi connectivity index (χ3n) is 4.52. The molecule has 3 aromatic rings. The summed E-state index contributed by atoms with van der Waals surface area (Å²) in [6.45, 7) is 5.48. The lowest BCUT2D eigenvalue weighted by Gasteiger charge is -2.08. The SMILES string of the molecule is C=CCOC(=O)Cc1c(C)n(C(=O)c2ccccc2)c2cc(Cl)c(OC)cc12. The highest BCUT2D eigenvalue weighted by Gasteiger charge is 2.23. The Morgan fingerprint density at radius 1 is 1.21 bits per heavy atom. The third kappa shape index (κ3) is 3.66. The van der Waals surface area contributed by atoms with Gasteiger partial charge in [-0.05, 0) is 36.8 Å². The fourth-order valence-electron chi connectivity index (χ4n) is 3.18. The van der Waals surface area contributed by atoms with Gasteiger partial charge in [0.05, 0.1) is 24.1 Å². The molecule has 1 heterocycles. The van der Waals surface area contributed by atoms with Crippen molar-refractivity contribution in [2.45, 2.75) is 13.3 Å². The molecule has 0 fully saturated rings. The third-order valence-corrected chi connectivity index (χ3v) is 4.81. The number of benzene rings is 2. The van der Waals surface area contributed by atoms with Crippen LogP contribution in [0.1, 0.15) is 21.6 Å². The topological polar surface area (TPSA) is 57.5 Å². The lowest BCUT2D eigenvalue weighted by atomic mass is 10.1. The molecule has 2 aromatic carbocycles. The van der Waals surface area contributed by atoms with E-state index in [4.69, 9.17) is 21.1 Å². The number of methoxy groups -OCH3 is 1. The van der Waals surface area contributed by atoms with Gasteiger partial charge in [0, 0.05) is 16.6 Å². The molecule has 1 aromatic heterocycles. The minimum Gasteiger partial charge on any atom is -0.495 e. The number of hydrogen-bond donors (Lipinski definition) is 0. The first-order chi connectivity index (χ1) is 13.5. The minimum absolute atomic E-state index is 0.0238. The summed E-state index contributed by atoms with van der Waals surface area (Å²) in [6, 6.07) is 12.4. The van der Waals surface area contributed by atoms with Crippen molar-refractivity contribution < 1.29 is 19.1 Å². The van der Waals surface area contributed by atoms with E-state index in [1.807, 2.05) is 6.07 Å². The Labute approximate surface area is 168 Å². The lowest BCUT2D eigenvalue weighted by Crippen LogP contribution is -2.14. The van der Waals surface area contributed by atoms with Gasteiger partial charge in [-0.3, -0.25) is 14.2 Å². The Bertz CT molecular complexity index is 1050. The Kier molecular flexibility index (Phi) is 5.85. The smallest absolute Gasteiger partial charge is 0.310 e. The maximum absolute atomic E-state index is 13.2. The molecule has 0 radical (unpaired) electrons. The molecule has 0 aliphatic rings. The van der Waals surface area contributed by atoms with E-state index in [2.05, 4.69) is 6.58 Å². The summed E-state index contributed by atoms with van der Waals surface area (Å²) >= 11 is 6.31. The molecule has 0 spiro atoms. The van der Waals surface area contributed by atoms with Crippen LogP contribution in [0.5, 0.6) is 5.75 Å². The monoisotopic (exact) mass is 397 g/mol.